The fourth-order valence-corrected chi connectivity index (χ4v) is 6.00. The van der Waals surface area contributed by atoms with E-state index in [9.17, 15) is 23.2 Å². The van der Waals surface area contributed by atoms with E-state index in [0.29, 0.717) is 64.2 Å². The molecule has 3 aromatic rings. The molecule has 48 heavy (non-hydrogen) atoms. The smallest absolute Gasteiger partial charge is 0.387 e. The minimum absolute atomic E-state index is 0. The number of H-pyrrole nitrogens is 1. The highest BCUT2D eigenvalue weighted by molar-refractivity contribution is 6.35. The van der Waals surface area contributed by atoms with E-state index in [1.165, 1.54) is 23.1 Å². The van der Waals surface area contributed by atoms with Crippen molar-refractivity contribution in [1.82, 2.24) is 9.80 Å². The summed E-state index contributed by atoms with van der Waals surface area (Å²) in [4.78, 5) is 45.6. The highest BCUT2D eigenvalue weighted by Gasteiger charge is 2.36. The zero-order chi connectivity index (χ0) is 33.7. The van der Waals surface area contributed by atoms with Gasteiger partial charge in [-0.05, 0) is 68.0 Å². The molecule has 1 saturated heterocycles. The van der Waals surface area contributed by atoms with Crippen LogP contribution in [0.3, 0.4) is 0 Å². The summed E-state index contributed by atoms with van der Waals surface area (Å²) in [6, 6.07) is 10.2. The number of likely N-dealkylation sites (tertiary alicyclic amines) is 1. The van der Waals surface area contributed by atoms with Crippen molar-refractivity contribution in [3.05, 3.63) is 87.2 Å². The first-order valence-electron chi connectivity index (χ1n) is 15.3. The molecule has 0 spiro atoms. The standard InChI is InChI=1S/C34H35Cl2F2N3O6.H2O/c1-40(2)32(43)23-6-3-5-21(13-23)28(42)18-41-12-4-7-27(41)33(44)46-30(15-24-25(35)16-39-17-26(24)36)22-10-11-29(47-34(37)38)31(14-22)45-19-20-8-9-20;/h3,5-6,10-11,13-14,16-17,20,27,30,34H,4,7-9,12,15,18-19H2,1-2H3;1H2/t27-,30-;/m0./s1. The van der Waals surface area contributed by atoms with Crippen LogP contribution in [-0.2, 0) is 16.0 Å². The topological polar surface area (TPSA) is 130 Å². The van der Waals surface area contributed by atoms with Gasteiger partial charge in [-0.2, -0.15) is 8.78 Å². The number of hydrogen-bond acceptors (Lipinski definition) is 8. The Morgan fingerprint density at radius 3 is 2.38 bits per heavy atom. The van der Waals surface area contributed by atoms with Crippen LogP contribution in [0.1, 0.15) is 63.6 Å². The second-order valence-electron chi connectivity index (χ2n) is 11.9. The Kier molecular flexibility index (Phi) is 12.7. The zero-order valence-electron chi connectivity index (χ0n) is 26.5. The van der Waals surface area contributed by atoms with Gasteiger partial charge in [-0.3, -0.25) is 19.3 Å². The molecule has 0 unspecified atom stereocenters. The Morgan fingerprint density at radius 2 is 1.71 bits per heavy atom. The van der Waals surface area contributed by atoms with Crippen LogP contribution in [0.5, 0.6) is 11.5 Å². The lowest BCUT2D eigenvalue weighted by molar-refractivity contribution is -0.377. The number of Topliss-reactive ketones (excluding diaryl/α,β-unsaturated/α-hetero) is 1. The van der Waals surface area contributed by atoms with Crippen molar-refractivity contribution in [3.63, 3.8) is 0 Å². The molecule has 2 aliphatic rings. The van der Waals surface area contributed by atoms with E-state index in [1.54, 1.807) is 55.7 Å². The lowest BCUT2D eigenvalue weighted by atomic mass is 10.0. The second kappa shape index (κ2) is 16.5. The van der Waals surface area contributed by atoms with E-state index in [-0.39, 0.29) is 41.6 Å². The maximum Gasteiger partial charge on any atom is 0.387 e. The third-order valence-electron chi connectivity index (χ3n) is 8.19. The number of hydrogen-bond donors (Lipinski definition) is 0. The SMILES string of the molecule is CN(C)C(=O)c1cccc(C(=O)CN2CCC[C@H]2C(=O)O[C@@H](Cc2c(Cl)c[nH+]cc2Cl)c2ccc(OC(F)F)c(OCC3CC3)c2)c1.[OH-]. The van der Waals surface area contributed by atoms with E-state index >= 15 is 0 Å². The molecule has 2 aromatic carbocycles. The van der Waals surface area contributed by atoms with E-state index in [2.05, 4.69) is 4.98 Å². The summed E-state index contributed by atoms with van der Waals surface area (Å²) in [6.07, 6.45) is 5.37. The average molecular weight is 709 g/mol. The summed E-state index contributed by atoms with van der Waals surface area (Å²) in [5, 5.41) is 0.647. The highest BCUT2D eigenvalue weighted by atomic mass is 35.5. The molecule has 1 aliphatic carbocycles. The molecule has 258 valence electrons. The first-order valence-corrected chi connectivity index (χ1v) is 16.1. The van der Waals surface area contributed by atoms with Crippen molar-refractivity contribution in [3.8, 4) is 11.5 Å². The van der Waals surface area contributed by atoms with Crippen LogP contribution in [0.4, 0.5) is 8.78 Å². The number of carbonyl (C=O) groups excluding carboxylic acids is 3. The first-order chi connectivity index (χ1) is 22.5. The Hall–Kier alpha value is -3.84. The van der Waals surface area contributed by atoms with Crippen LogP contribution in [-0.4, -0.2) is 79.4 Å². The van der Waals surface area contributed by atoms with Crippen LogP contribution in [0.2, 0.25) is 10.0 Å². The molecular weight excluding hydrogens is 671 g/mol. The van der Waals surface area contributed by atoms with Gasteiger partial charge in [0.05, 0.1) is 13.2 Å². The fraction of sp³-hybridized carbons (Fsp3) is 0.412. The molecule has 0 bridgehead atoms. The molecule has 14 heteroatoms. The number of amides is 1. The maximum atomic E-state index is 13.8. The quantitative estimate of drug-likeness (QED) is 0.150. The van der Waals surface area contributed by atoms with Gasteiger partial charge in [-0.15, -0.1) is 0 Å². The first kappa shape index (κ1) is 37.0. The number of pyridine rings is 1. The number of ether oxygens (including phenoxy) is 3. The largest absolute Gasteiger partial charge is 0.870 e. The molecule has 2 N–H and O–H groups in total. The molecule has 2 heterocycles. The number of benzene rings is 2. The third-order valence-corrected chi connectivity index (χ3v) is 8.87. The molecule has 5 rings (SSSR count). The summed E-state index contributed by atoms with van der Waals surface area (Å²) in [7, 11) is 3.27. The van der Waals surface area contributed by atoms with Gasteiger partial charge in [0.25, 0.3) is 5.91 Å². The minimum Gasteiger partial charge on any atom is -0.870 e. The third kappa shape index (κ3) is 9.40. The van der Waals surface area contributed by atoms with E-state index < -0.39 is 24.7 Å². The molecule has 2 atom stereocenters. The predicted molar refractivity (Wildman–Crippen MR) is 172 cm³/mol. The number of halogens is 4. The van der Waals surface area contributed by atoms with E-state index in [4.69, 9.17) is 37.4 Å². The van der Waals surface area contributed by atoms with Crippen molar-refractivity contribution in [2.75, 3.05) is 33.8 Å². The summed E-state index contributed by atoms with van der Waals surface area (Å²) in [5.74, 6) is -0.688. The van der Waals surface area contributed by atoms with Crippen LogP contribution < -0.4 is 14.5 Å². The number of aromatic nitrogens is 1. The van der Waals surface area contributed by atoms with Gasteiger partial charge >= 0.3 is 12.6 Å². The summed E-state index contributed by atoms with van der Waals surface area (Å²) in [5.41, 5.74) is 1.74. The monoisotopic (exact) mass is 707 g/mol. The van der Waals surface area contributed by atoms with Crippen LogP contribution in [0.15, 0.2) is 54.9 Å². The number of ketones is 1. The Bertz CT molecular complexity index is 1600. The molecule has 1 saturated carbocycles. The lowest BCUT2D eigenvalue weighted by Gasteiger charge is -2.26. The molecule has 1 amide bonds. The molecule has 1 aliphatic heterocycles. The van der Waals surface area contributed by atoms with Crippen molar-refractivity contribution in [1.29, 1.82) is 0 Å². The zero-order valence-corrected chi connectivity index (χ0v) is 28.0. The van der Waals surface area contributed by atoms with Crippen LogP contribution in [0.25, 0.3) is 0 Å². The van der Waals surface area contributed by atoms with Gasteiger partial charge in [0, 0.05) is 37.2 Å². The minimum atomic E-state index is -3.05. The van der Waals surface area contributed by atoms with Crippen molar-refractivity contribution >= 4 is 40.9 Å². The number of nitrogens with zero attached hydrogens (tertiary/aromatic N) is 2. The lowest BCUT2D eigenvalue weighted by Crippen LogP contribution is -2.41. The number of aromatic amines is 1. The molecular formula is C34H37Cl2F2N3O7. The predicted octanol–water partition coefficient (Wildman–Crippen LogP) is 5.90. The Balaban J connectivity index is 0.00000520. The number of carbonyl (C=O) groups is 3. The Labute approximate surface area is 287 Å². The van der Waals surface area contributed by atoms with Gasteiger partial charge in [0.2, 0.25) is 0 Å². The molecule has 2 fully saturated rings. The second-order valence-corrected chi connectivity index (χ2v) is 12.7. The van der Waals surface area contributed by atoms with Crippen molar-refractivity contribution < 1.29 is 47.8 Å². The molecule has 0 radical (unpaired) electrons. The van der Waals surface area contributed by atoms with Crippen molar-refractivity contribution in [2.45, 2.75) is 50.9 Å². The van der Waals surface area contributed by atoms with Crippen molar-refractivity contribution in [2.24, 2.45) is 5.92 Å². The Morgan fingerprint density at radius 1 is 1.00 bits per heavy atom. The number of rotatable bonds is 14. The number of nitrogens with one attached hydrogen (secondary N) is 1. The number of esters is 1. The number of alkyl halides is 2. The van der Waals surface area contributed by atoms with Crippen LogP contribution >= 0.6 is 23.2 Å². The van der Waals surface area contributed by atoms with E-state index in [1.807, 2.05) is 0 Å². The summed E-state index contributed by atoms with van der Waals surface area (Å²) >= 11 is 12.9. The van der Waals surface area contributed by atoms with Gasteiger partial charge in [0.15, 0.2) is 29.7 Å². The highest BCUT2D eigenvalue weighted by Crippen LogP contribution is 2.38. The molecule has 1 aromatic heterocycles. The van der Waals surface area contributed by atoms with Gasteiger partial charge in [-0.25, -0.2) is 4.98 Å². The summed E-state index contributed by atoms with van der Waals surface area (Å²) in [6.45, 7) is -2.26. The average Bonchev–Trinajstić information content (AvgIpc) is 3.76. The van der Waals surface area contributed by atoms with Gasteiger partial charge in [-0.1, -0.05) is 41.4 Å². The van der Waals surface area contributed by atoms with Crippen LogP contribution in [0, 0.1) is 5.92 Å². The maximum absolute atomic E-state index is 13.8. The normalized spacial score (nSPS) is 16.6. The summed E-state index contributed by atoms with van der Waals surface area (Å²) < 4.78 is 43.1. The van der Waals surface area contributed by atoms with Gasteiger partial charge in [0.1, 0.15) is 22.2 Å². The van der Waals surface area contributed by atoms with Gasteiger partial charge < -0.3 is 24.6 Å². The molecule has 10 nitrogen and oxygen atoms in total. The van der Waals surface area contributed by atoms with E-state index in [0.717, 1.165) is 12.8 Å². The fourth-order valence-electron chi connectivity index (χ4n) is 5.47.